The molecule has 1 aromatic rings. The highest BCUT2D eigenvalue weighted by molar-refractivity contribution is 7.99. The molecule has 1 unspecified atom stereocenters. The summed E-state index contributed by atoms with van der Waals surface area (Å²) in [4.78, 5) is 11.3. The molecule has 0 bridgehead atoms. The van der Waals surface area contributed by atoms with Crippen LogP contribution in [0.1, 0.15) is 0 Å². The molecule has 0 saturated carbocycles. The number of benzene rings is 1. The third-order valence-corrected chi connectivity index (χ3v) is 2.70. The highest BCUT2D eigenvalue weighted by atomic mass is 32.2. The number of halogens is 1. The molecule has 0 saturated heterocycles. The van der Waals surface area contributed by atoms with Gasteiger partial charge in [0.1, 0.15) is 5.82 Å². The summed E-state index contributed by atoms with van der Waals surface area (Å²) < 4.78 is 12.7. The van der Waals surface area contributed by atoms with Gasteiger partial charge >= 0.3 is 0 Å². The van der Waals surface area contributed by atoms with Crippen molar-refractivity contribution in [2.75, 3.05) is 5.75 Å². The summed E-state index contributed by atoms with van der Waals surface area (Å²) in [7, 11) is 0. The van der Waals surface area contributed by atoms with Crippen molar-refractivity contribution >= 4 is 17.7 Å². The largest absolute Gasteiger partial charge is 0.368 e. The highest BCUT2D eigenvalue weighted by Gasteiger charge is 2.09. The summed E-state index contributed by atoms with van der Waals surface area (Å²) in [5, 5.41) is 0. The van der Waals surface area contributed by atoms with E-state index < -0.39 is 11.9 Å². The SMILES string of the molecule is NC(=O)C(N)CSc1cccc(F)c1. The maximum atomic E-state index is 12.7. The molecule has 5 heteroatoms. The zero-order chi connectivity index (χ0) is 10.6. The van der Waals surface area contributed by atoms with Gasteiger partial charge in [0.25, 0.3) is 0 Å². The van der Waals surface area contributed by atoms with Crippen LogP contribution < -0.4 is 11.5 Å². The molecule has 0 aliphatic heterocycles. The third-order valence-electron chi connectivity index (χ3n) is 1.59. The van der Waals surface area contributed by atoms with Gasteiger partial charge in [-0.05, 0) is 18.2 Å². The molecule has 1 amide bonds. The quantitative estimate of drug-likeness (QED) is 0.726. The molecule has 14 heavy (non-hydrogen) atoms. The molecule has 1 aromatic carbocycles. The van der Waals surface area contributed by atoms with Gasteiger partial charge in [0.15, 0.2) is 0 Å². The molecule has 0 radical (unpaired) electrons. The van der Waals surface area contributed by atoms with Gasteiger partial charge in [-0.2, -0.15) is 0 Å². The predicted octanol–water partition coefficient (Wildman–Crippen LogP) is 0.730. The van der Waals surface area contributed by atoms with Crippen LogP contribution in [-0.4, -0.2) is 17.7 Å². The van der Waals surface area contributed by atoms with Gasteiger partial charge < -0.3 is 11.5 Å². The van der Waals surface area contributed by atoms with Crippen molar-refractivity contribution in [3.8, 4) is 0 Å². The normalized spacial score (nSPS) is 12.4. The molecule has 1 atom stereocenters. The van der Waals surface area contributed by atoms with Crippen LogP contribution in [0.25, 0.3) is 0 Å². The second kappa shape index (κ2) is 4.97. The van der Waals surface area contributed by atoms with Crippen molar-refractivity contribution in [2.24, 2.45) is 11.5 Å². The lowest BCUT2D eigenvalue weighted by Gasteiger charge is -2.06. The van der Waals surface area contributed by atoms with Crippen molar-refractivity contribution in [1.29, 1.82) is 0 Å². The Morgan fingerprint density at radius 2 is 2.29 bits per heavy atom. The van der Waals surface area contributed by atoms with Crippen molar-refractivity contribution in [3.63, 3.8) is 0 Å². The molecule has 0 aromatic heterocycles. The number of nitrogens with two attached hydrogens (primary N) is 2. The van der Waals surface area contributed by atoms with Gasteiger partial charge in [-0.25, -0.2) is 4.39 Å². The third kappa shape index (κ3) is 3.35. The van der Waals surface area contributed by atoms with E-state index in [1.807, 2.05) is 0 Å². The highest BCUT2D eigenvalue weighted by Crippen LogP contribution is 2.18. The van der Waals surface area contributed by atoms with Gasteiger partial charge in [0, 0.05) is 10.6 Å². The number of hydrogen-bond donors (Lipinski definition) is 2. The average Bonchev–Trinajstić information content (AvgIpc) is 2.14. The number of hydrogen-bond acceptors (Lipinski definition) is 3. The first-order valence-electron chi connectivity index (χ1n) is 4.03. The zero-order valence-corrected chi connectivity index (χ0v) is 8.26. The molecular weight excluding hydrogens is 203 g/mol. The van der Waals surface area contributed by atoms with E-state index in [0.717, 1.165) is 4.90 Å². The van der Waals surface area contributed by atoms with Crippen LogP contribution in [0.5, 0.6) is 0 Å². The lowest BCUT2D eigenvalue weighted by Crippen LogP contribution is -2.38. The summed E-state index contributed by atoms with van der Waals surface area (Å²) in [5.74, 6) is -0.491. The first-order chi connectivity index (χ1) is 6.59. The Hall–Kier alpha value is -1.07. The zero-order valence-electron chi connectivity index (χ0n) is 7.44. The summed E-state index contributed by atoms with van der Waals surface area (Å²) in [6.45, 7) is 0. The standard InChI is InChI=1S/C9H11FN2OS/c10-6-2-1-3-7(4-6)14-5-8(11)9(12)13/h1-4,8H,5,11H2,(H2,12,13). The van der Waals surface area contributed by atoms with E-state index in [2.05, 4.69) is 0 Å². The molecule has 3 nitrogen and oxygen atoms in total. The van der Waals surface area contributed by atoms with Crippen LogP contribution in [-0.2, 0) is 4.79 Å². The summed E-state index contributed by atoms with van der Waals surface area (Å²) in [6.07, 6.45) is 0. The van der Waals surface area contributed by atoms with Crippen molar-refractivity contribution in [2.45, 2.75) is 10.9 Å². The van der Waals surface area contributed by atoms with E-state index in [1.165, 1.54) is 23.9 Å². The number of rotatable bonds is 4. The Morgan fingerprint density at radius 3 is 2.86 bits per heavy atom. The van der Waals surface area contributed by atoms with Crippen molar-refractivity contribution < 1.29 is 9.18 Å². The molecule has 4 N–H and O–H groups in total. The summed E-state index contributed by atoms with van der Waals surface area (Å²) in [6, 6.07) is 5.41. The Balaban J connectivity index is 2.49. The number of carbonyl (C=O) groups excluding carboxylic acids is 1. The molecule has 0 heterocycles. The number of thioether (sulfide) groups is 1. The maximum Gasteiger partial charge on any atom is 0.235 e. The Kier molecular flexibility index (Phi) is 3.91. The van der Waals surface area contributed by atoms with E-state index in [9.17, 15) is 9.18 Å². The lowest BCUT2D eigenvalue weighted by atomic mass is 10.3. The fourth-order valence-corrected chi connectivity index (χ4v) is 1.73. The van der Waals surface area contributed by atoms with E-state index >= 15 is 0 Å². The van der Waals surface area contributed by atoms with Crippen LogP contribution in [0.3, 0.4) is 0 Å². The van der Waals surface area contributed by atoms with Crippen LogP contribution in [0.2, 0.25) is 0 Å². The van der Waals surface area contributed by atoms with E-state index in [1.54, 1.807) is 12.1 Å². The minimum absolute atomic E-state index is 0.303. The van der Waals surface area contributed by atoms with Gasteiger partial charge in [0.2, 0.25) is 5.91 Å². The fraction of sp³-hybridized carbons (Fsp3) is 0.222. The van der Waals surface area contributed by atoms with E-state index in [4.69, 9.17) is 11.5 Å². The summed E-state index contributed by atoms with van der Waals surface area (Å²) >= 11 is 1.31. The Morgan fingerprint density at radius 1 is 1.57 bits per heavy atom. The monoisotopic (exact) mass is 214 g/mol. The van der Waals surface area contributed by atoms with Gasteiger partial charge in [0.05, 0.1) is 6.04 Å². The first-order valence-corrected chi connectivity index (χ1v) is 5.01. The smallest absolute Gasteiger partial charge is 0.235 e. The second-order valence-corrected chi connectivity index (χ2v) is 3.87. The number of amides is 1. The molecule has 0 fully saturated rings. The Labute approximate surface area is 85.7 Å². The predicted molar refractivity (Wildman–Crippen MR) is 54.3 cm³/mol. The molecule has 76 valence electrons. The first kappa shape index (κ1) is 11.0. The van der Waals surface area contributed by atoms with E-state index in [-0.39, 0.29) is 5.82 Å². The second-order valence-electron chi connectivity index (χ2n) is 2.78. The van der Waals surface area contributed by atoms with E-state index in [0.29, 0.717) is 5.75 Å². The number of carbonyl (C=O) groups is 1. The fourth-order valence-electron chi connectivity index (χ4n) is 0.825. The molecule has 0 spiro atoms. The van der Waals surface area contributed by atoms with Crippen molar-refractivity contribution in [3.05, 3.63) is 30.1 Å². The topological polar surface area (TPSA) is 69.1 Å². The minimum Gasteiger partial charge on any atom is -0.368 e. The van der Waals surface area contributed by atoms with Gasteiger partial charge in [-0.15, -0.1) is 11.8 Å². The van der Waals surface area contributed by atoms with Crippen LogP contribution in [0, 0.1) is 5.82 Å². The number of primary amides is 1. The molecular formula is C9H11FN2OS. The van der Waals surface area contributed by atoms with Gasteiger partial charge in [-0.1, -0.05) is 6.07 Å². The average molecular weight is 214 g/mol. The molecule has 0 aliphatic carbocycles. The lowest BCUT2D eigenvalue weighted by molar-refractivity contribution is -0.118. The minimum atomic E-state index is -0.691. The van der Waals surface area contributed by atoms with Crippen molar-refractivity contribution in [1.82, 2.24) is 0 Å². The van der Waals surface area contributed by atoms with Crippen LogP contribution in [0.4, 0.5) is 4.39 Å². The van der Waals surface area contributed by atoms with Crippen LogP contribution >= 0.6 is 11.8 Å². The van der Waals surface area contributed by atoms with Gasteiger partial charge in [-0.3, -0.25) is 4.79 Å². The summed E-state index contributed by atoms with van der Waals surface area (Å²) in [5.41, 5.74) is 10.4. The Bertz CT molecular complexity index is 332. The molecule has 0 aliphatic rings. The van der Waals surface area contributed by atoms with Crippen LogP contribution in [0.15, 0.2) is 29.2 Å². The molecule has 1 rings (SSSR count). The maximum absolute atomic E-state index is 12.7.